The molecule has 0 aliphatic carbocycles. The van der Waals surface area contributed by atoms with Gasteiger partial charge in [0.25, 0.3) is 5.56 Å². The van der Waals surface area contributed by atoms with Gasteiger partial charge in [0.1, 0.15) is 0 Å². The van der Waals surface area contributed by atoms with Crippen LogP contribution in [-0.4, -0.2) is 28.1 Å². The average molecular weight is 238 g/mol. The van der Waals surface area contributed by atoms with Crippen LogP contribution in [0.25, 0.3) is 0 Å². The first kappa shape index (κ1) is 13.0. The number of aromatic carboxylic acids is 1. The first-order valence-corrected chi connectivity index (χ1v) is 5.25. The van der Waals surface area contributed by atoms with Crippen molar-refractivity contribution >= 4 is 11.9 Å². The molecular formula is C11H14N2O4. The Labute approximate surface area is 97.9 Å². The van der Waals surface area contributed by atoms with Crippen molar-refractivity contribution in [2.24, 2.45) is 0 Å². The topological polar surface area (TPSA) is 88.4 Å². The van der Waals surface area contributed by atoms with Crippen LogP contribution in [0.15, 0.2) is 23.1 Å². The monoisotopic (exact) mass is 238 g/mol. The number of hydrogen-bond acceptors (Lipinski definition) is 3. The van der Waals surface area contributed by atoms with Crippen molar-refractivity contribution in [2.45, 2.75) is 19.9 Å². The van der Waals surface area contributed by atoms with Gasteiger partial charge in [0.15, 0.2) is 0 Å². The van der Waals surface area contributed by atoms with Gasteiger partial charge in [-0.2, -0.15) is 0 Å². The molecule has 0 spiro atoms. The van der Waals surface area contributed by atoms with Gasteiger partial charge in [0, 0.05) is 31.8 Å². The predicted octanol–water partition coefficient (Wildman–Crippen LogP) is 0.0727. The first-order chi connectivity index (χ1) is 8.04. The highest BCUT2D eigenvalue weighted by molar-refractivity contribution is 5.87. The van der Waals surface area contributed by atoms with E-state index in [2.05, 4.69) is 5.32 Å². The fourth-order valence-corrected chi connectivity index (χ4v) is 1.33. The lowest BCUT2D eigenvalue weighted by molar-refractivity contribution is -0.121. The summed E-state index contributed by atoms with van der Waals surface area (Å²) in [5, 5.41) is 11.3. The van der Waals surface area contributed by atoms with Crippen LogP contribution in [0, 0.1) is 0 Å². The van der Waals surface area contributed by atoms with E-state index < -0.39 is 11.5 Å². The largest absolute Gasteiger partial charge is 0.478 e. The third kappa shape index (κ3) is 3.75. The number of amides is 1. The molecule has 0 atom stereocenters. The van der Waals surface area contributed by atoms with Crippen molar-refractivity contribution < 1.29 is 14.7 Å². The molecule has 1 amide bonds. The van der Waals surface area contributed by atoms with Crippen LogP contribution in [0.3, 0.4) is 0 Å². The molecule has 6 heteroatoms. The van der Waals surface area contributed by atoms with Crippen LogP contribution in [0.2, 0.25) is 0 Å². The Morgan fingerprint density at radius 1 is 1.47 bits per heavy atom. The molecule has 0 aliphatic rings. The van der Waals surface area contributed by atoms with Gasteiger partial charge in [-0.15, -0.1) is 0 Å². The molecule has 6 nitrogen and oxygen atoms in total. The number of carbonyl (C=O) groups is 2. The van der Waals surface area contributed by atoms with Crippen molar-refractivity contribution in [3.8, 4) is 0 Å². The fraction of sp³-hybridized carbons (Fsp3) is 0.364. The fourth-order valence-electron chi connectivity index (χ4n) is 1.33. The van der Waals surface area contributed by atoms with Gasteiger partial charge in [-0.05, 0) is 13.0 Å². The summed E-state index contributed by atoms with van der Waals surface area (Å²) in [6, 6.07) is 2.38. The van der Waals surface area contributed by atoms with E-state index in [0.717, 1.165) is 6.07 Å². The molecular weight excluding hydrogens is 224 g/mol. The number of aromatic nitrogens is 1. The van der Waals surface area contributed by atoms with Crippen LogP contribution in [0.4, 0.5) is 0 Å². The maximum absolute atomic E-state index is 11.5. The summed E-state index contributed by atoms with van der Waals surface area (Å²) in [5.74, 6) is -1.28. The highest BCUT2D eigenvalue weighted by atomic mass is 16.4. The molecule has 0 bridgehead atoms. The molecule has 0 aliphatic heterocycles. The van der Waals surface area contributed by atoms with Crippen LogP contribution < -0.4 is 10.9 Å². The van der Waals surface area contributed by atoms with Crippen LogP contribution in [-0.2, 0) is 11.3 Å². The lowest BCUT2D eigenvalue weighted by Crippen LogP contribution is -2.27. The Morgan fingerprint density at radius 3 is 2.71 bits per heavy atom. The highest BCUT2D eigenvalue weighted by Crippen LogP contribution is 1.95. The second-order valence-electron chi connectivity index (χ2n) is 3.46. The number of aryl methyl sites for hydroxylation is 1. The SMILES string of the molecule is CCNC(=O)CCn1ccc(C(=O)O)cc1=O. The van der Waals surface area contributed by atoms with Crippen LogP contribution in [0.5, 0.6) is 0 Å². The molecule has 2 N–H and O–H groups in total. The third-order valence-corrected chi connectivity index (χ3v) is 2.20. The van der Waals surface area contributed by atoms with Crippen molar-refractivity contribution in [2.75, 3.05) is 6.54 Å². The molecule has 17 heavy (non-hydrogen) atoms. The Hall–Kier alpha value is -2.11. The first-order valence-electron chi connectivity index (χ1n) is 5.25. The lowest BCUT2D eigenvalue weighted by atomic mass is 10.2. The zero-order chi connectivity index (χ0) is 12.8. The molecule has 0 radical (unpaired) electrons. The molecule has 0 unspecified atom stereocenters. The number of rotatable bonds is 5. The van der Waals surface area contributed by atoms with Gasteiger partial charge in [-0.25, -0.2) is 4.79 Å². The normalized spacial score (nSPS) is 9.94. The van der Waals surface area contributed by atoms with Crippen molar-refractivity contribution in [3.05, 3.63) is 34.2 Å². The van der Waals surface area contributed by atoms with Gasteiger partial charge in [0.2, 0.25) is 5.91 Å². The Morgan fingerprint density at radius 2 is 2.18 bits per heavy atom. The summed E-state index contributed by atoms with van der Waals surface area (Å²) in [5.41, 5.74) is -0.474. The van der Waals surface area contributed by atoms with Crippen LogP contribution in [0.1, 0.15) is 23.7 Å². The maximum atomic E-state index is 11.5. The Kier molecular flexibility index (Phi) is 4.45. The van der Waals surface area contributed by atoms with E-state index in [1.807, 2.05) is 6.92 Å². The molecule has 0 aromatic carbocycles. The minimum absolute atomic E-state index is 0.0516. The number of nitrogens with one attached hydrogen (secondary N) is 1. The minimum atomic E-state index is -1.14. The summed E-state index contributed by atoms with van der Waals surface area (Å²) in [7, 11) is 0. The predicted molar refractivity (Wildman–Crippen MR) is 61.0 cm³/mol. The Bertz CT molecular complexity index is 479. The van der Waals surface area contributed by atoms with Crippen molar-refractivity contribution in [1.82, 2.24) is 9.88 Å². The maximum Gasteiger partial charge on any atom is 0.335 e. The second-order valence-corrected chi connectivity index (χ2v) is 3.46. The van der Waals surface area contributed by atoms with Gasteiger partial charge in [-0.1, -0.05) is 0 Å². The number of carboxylic acids is 1. The smallest absolute Gasteiger partial charge is 0.335 e. The quantitative estimate of drug-likeness (QED) is 0.760. The van der Waals surface area contributed by atoms with Gasteiger partial charge >= 0.3 is 5.97 Å². The van der Waals surface area contributed by atoms with E-state index in [1.54, 1.807) is 0 Å². The summed E-state index contributed by atoms with van der Waals surface area (Å²) in [4.78, 5) is 33.3. The van der Waals surface area contributed by atoms with Gasteiger partial charge < -0.3 is 15.0 Å². The summed E-state index contributed by atoms with van der Waals surface area (Å²) < 4.78 is 1.31. The molecule has 92 valence electrons. The minimum Gasteiger partial charge on any atom is -0.478 e. The summed E-state index contributed by atoms with van der Waals surface area (Å²) >= 11 is 0. The van der Waals surface area contributed by atoms with Gasteiger partial charge in [0.05, 0.1) is 5.56 Å². The summed E-state index contributed by atoms with van der Waals surface area (Å²) in [6.07, 6.45) is 1.57. The number of carboxylic acid groups (broad SMARTS) is 1. The number of nitrogens with zero attached hydrogens (tertiary/aromatic N) is 1. The lowest BCUT2D eigenvalue weighted by Gasteiger charge is -2.05. The standard InChI is InChI=1S/C11H14N2O4/c1-2-12-9(14)4-6-13-5-3-8(11(16)17)7-10(13)15/h3,5,7H,2,4,6H2,1H3,(H,12,14)(H,16,17). The van der Waals surface area contributed by atoms with Gasteiger partial charge in [-0.3, -0.25) is 9.59 Å². The third-order valence-electron chi connectivity index (χ3n) is 2.20. The molecule has 0 fully saturated rings. The van der Waals surface area contributed by atoms with E-state index in [9.17, 15) is 14.4 Å². The van der Waals surface area contributed by atoms with E-state index in [-0.39, 0.29) is 24.4 Å². The number of pyridine rings is 1. The van der Waals surface area contributed by atoms with E-state index >= 15 is 0 Å². The Balaban J connectivity index is 2.70. The molecule has 1 rings (SSSR count). The highest BCUT2D eigenvalue weighted by Gasteiger charge is 2.06. The molecule has 1 heterocycles. The van der Waals surface area contributed by atoms with Crippen molar-refractivity contribution in [1.29, 1.82) is 0 Å². The molecule has 1 aromatic heterocycles. The van der Waals surface area contributed by atoms with E-state index in [4.69, 9.17) is 5.11 Å². The van der Waals surface area contributed by atoms with E-state index in [0.29, 0.717) is 6.54 Å². The number of hydrogen-bond donors (Lipinski definition) is 2. The number of carbonyl (C=O) groups excluding carboxylic acids is 1. The molecule has 1 aromatic rings. The summed E-state index contributed by atoms with van der Waals surface area (Å²) in [6.45, 7) is 2.60. The zero-order valence-electron chi connectivity index (χ0n) is 9.47. The van der Waals surface area contributed by atoms with Crippen LogP contribution >= 0.6 is 0 Å². The second kappa shape index (κ2) is 5.83. The molecule has 0 saturated carbocycles. The van der Waals surface area contributed by atoms with E-state index in [1.165, 1.54) is 16.8 Å². The van der Waals surface area contributed by atoms with Crippen molar-refractivity contribution in [3.63, 3.8) is 0 Å². The zero-order valence-corrected chi connectivity index (χ0v) is 9.47. The average Bonchev–Trinajstić information content (AvgIpc) is 2.27. The molecule has 0 saturated heterocycles.